The van der Waals surface area contributed by atoms with Gasteiger partial charge in [-0.15, -0.1) is 0 Å². The number of nitrogens with one attached hydrogen (secondary N) is 1. The molecule has 0 aromatic heterocycles. The van der Waals surface area contributed by atoms with Gasteiger partial charge < -0.3 is 5.32 Å². The lowest BCUT2D eigenvalue weighted by Gasteiger charge is -2.41. The van der Waals surface area contributed by atoms with Crippen LogP contribution in [0.15, 0.2) is 40.9 Å². The van der Waals surface area contributed by atoms with Gasteiger partial charge in [-0.3, -0.25) is 0 Å². The summed E-state index contributed by atoms with van der Waals surface area (Å²) >= 11 is 3.69. The highest BCUT2D eigenvalue weighted by Gasteiger charge is 2.36. The normalized spacial score (nSPS) is 19.6. The van der Waals surface area contributed by atoms with Gasteiger partial charge in [-0.05, 0) is 47.7 Å². The lowest BCUT2D eigenvalue weighted by atomic mass is 9.68. The van der Waals surface area contributed by atoms with Crippen LogP contribution in [-0.4, -0.2) is 7.05 Å². The Morgan fingerprint density at radius 1 is 1.00 bits per heavy atom. The van der Waals surface area contributed by atoms with Crippen molar-refractivity contribution in [1.82, 2.24) is 5.32 Å². The summed E-state index contributed by atoms with van der Waals surface area (Å²) in [5.41, 5.74) is 1.81. The van der Waals surface area contributed by atoms with Crippen molar-refractivity contribution in [3.05, 3.63) is 46.4 Å². The topological polar surface area (TPSA) is 12.0 Å². The van der Waals surface area contributed by atoms with Crippen LogP contribution in [0.5, 0.6) is 0 Å². The minimum absolute atomic E-state index is 0.365. The van der Waals surface area contributed by atoms with Crippen LogP contribution in [0.4, 0.5) is 0 Å². The Bertz CT molecular complexity index is 628. The monoisotopic (exact) mass is 345 g/mol. The number of hydrogen-bond donors (Lipinski definition) is 1. The van der Waals surface area contributed by atoms with Gasteiger partial charge in [0.05, 0.1) is 0 Å². The van der Waals surface area contributed by atoms with Crippen molar-refractivity contribution < 1.29 is 0 Å². The van der Waals surface area contributed by atoms with Gasteiger partial charge in [0.15, 0.2) is 0 Å². The molecule has 0 amide bonds. The maximum absolute atomic E-state index is 3.69. The van der Waals surface area contributed by atoms with E-state index in [0.717, 1.165) is 0 Å². The molecule has 2 aromatic rings. The van der Waals surface area contributed by atoms with E-state index in [4.69, 9.17) is 0 Å². The van der Waals surface area contributed by atoms with Gasteiger partial charge in [0.1, 0.15) is 0 Å². The molecule has 1 atom stereocenters. The summed E-state index contributed by atoms with van der Waals surface area (Å²) < 4.78 is 1.19. The van der Waals surface area contributed by atoms with E-state index in [1.165, 1.54) is 52.9 Å². The van der Waals surface area contributed by atoms with E-state index in [0.29, 0.717) is 11.5 Å². The molecule has 2 heteroatoms. The molecule has 0 heterocycles. The molecule has 1 unspecified atom stereocenters. The van der Waals surface area contributed by atoms with Crippen LogP contribution in [0.25, 0.3) is 10.8 Å². The van der Waals surface area contributed by atoms with E-state index in [1.807, 2.05) is 0 Å². The zero-order valence-corrected chi connectivity index (χ0v) is 14.5. The average molecular weight is 346 g/mol. The minimum atomic E-state index is 0.365. The Morgan fingerprint density at radius 2 is 1.67 bits per heavy atom. The number of rotatable bonds is 3. The Hall–Kier alpha value is -0.860. The predicted octanol–water partition coefficient (Wildman–Crippen LogP) is 5.83. The first-order valence-corrected chi connectivity index (χ1v) is 8.79. The van der Waals surface area contributed by atoms with E-state index in [1.54, 1.807) is 0 Å². The predicted molar refractivity (Wildman–Crippen MR) is 94.6 cm³/mol. The lowest BCUT2D eigenvalue weighted by Crippen LogP contribution is -2.36. The first-order valence-electron chi connectivity index (χ1n) is 8.00. The maximum Gasteiger partial charge on any atom is 0.0378 e. The van der Waals surface area contributed by atoms with Crippen LogP contribution in [0, 0.1) is 5.41 Å². The minimum Gasteiger partial charge on any atom is -0.313 e. The molecule has 1 aliphatic rings. The first kappa shape index (κ1) is 15.1. The quantitative estimate of drug-likeness (QED) is 0.737. The summed E-state index contributed by atoms with van der Waals surface area (Å²) in [5.74, 6) is 0. The zero-order valence-electron chi connectivity index (χ0n) is 13.0. The van der Waals surface area contributed by atoms with Gasteiger partial charge in [-0.25, -0.2) is 0 Å². The van der Waals surface area contributed by atoms with Crippen molar-refractivity contribution in [1.29, 1.82) is 0 Å². The second kappa shape index (κ2) is 6.10. The average Bonchev–Trinajstić information content (AvgIpc) is 2.51. The van der Waals surface area contributed by atoms with Crippen LogP contribution in [0.3, 0.4) is 0 Å². The highest BCUT2D eigenvalue weighted by atomic mass is 79.9. The smallest absolute Gasteiger partial charge is 0.0378 e. The van der Waals surface area contributed by atoms with Crippen LogP contribution in [0.2, 0.25) is 0 Å². The number of hydrogen-bond acceptors (Lipinski definition) is 1. The molecular formula is C19H24BrN. The van der Waals surface area contributed by atoms with Gasteiger partial charge in [0.2, 0.25) is 0 Å². The van der Waals surface area contributed by atoms with Crippen LogP contribution in [-0.2, 0) is 0 Å². The van der Waals surface area contributed by atoms with Crippen molar-refractivity contribution in [3.63, 3.8) is 0 Å². The molecule has 112 valence electrons. The van der Waals surface area contributed by atoms with E-state index in [9.17, 15) is 0 Å². The van der Waals surface area contributed by atoms with Gasteiger partial charge in [-0.2, -0.15) is 0 Å². The van der Waals surface area contributed by atoms with Gasteiger partial charge in [0.25, 0.3) is 0 Å². The first-order chi connectivity index (χ1) is 10.2. The van der Waals surface area contributed by atoms with E-state index >= 15 is 0 Å². The lowest BCUT2D eigenvalue weighted by molar-refractivity contribution is 0.151. The highest BCUT2D eigenvalue weighted by molar-refractivity contribution is 9.10. The third-order valence-corrected chi connectivity index (χ3v) is 5.89. The summed E-state index contributed by atoms with van der Waals surface area (Å²) in [6.45, 7) is 2.46. The molecule has 0 radical (unpaired) electrons. The molecule has 1 aliphatic carbocycles. The molecule has 2 aromatic carbocycles. The Kier molecular flexibility index (Phi) is 4.37. The molecular weight excluding hydrogens is 322 g/mol. The van der Waals surface area contributed by atoms with Crippen LogP contribution >= 0.6 is 15.9 Å². The molecule has 3 rings (SSSR count). The zero-order chi connectivity index (χ0) is 14.9. The maximum atomic E-state index is 3.69. The van der Waals surface area contributed by atoms with E-state index in [2.05, 4.69) is 71.6 Å². The van der Waals surface area contributed by atoms with Crippen molar-refractivity contribution in [3.8, 4) is 0 Å². The molecule has 0 spiro atoms. The number of fused-ring (bicyclic) bond motifs is 1. The molecule has 1 fully saturated rings. The van der Waals surface area contributed by atoms with Gasteiger partial charge >= 0.3 is 0 Å². The molecule has 0 bridgehead atoms. The largest absolute Gasteiger partial charge is 0.313 e. The molecule has 0 aliphatic heterocycles. The van der Waals surface area contributed by atoms with Crippen molar-refractivity contribution in [2.45, 2.75) is 45.1 Å². The summed E-state index contributed by atoms with van der Waals surface area (Å²) in [5, 5.41) is 6.31. The van der Waals surface area contributed by atoms with Crippen LogP contribution < -0.4 is 5.32 Å². The fourth-order valence-electron chi connectivity index (χ4n) is 4.06. The Labute approximate surface area is 136 Å². The molecule has 1 N–H and O–H groups in total. The van der Waals surface area contributed by atoms with E-state index < -0.39 is 0 Å². The highest BCUT2D eigenvalue weighted by Crippen LogP contribution is 2.47. The van der Waals surface area contributed by atoms with Crippen molar-refractivity contribution in [2.75, 3.05) is 7.05 Å². The number of halogens is 1. The number of benzene rings is 2. The summed E-state index contributed by atoms with van der Waals surface area (Å²) in [6.07, 6.45) is 6.77. The fourth-order valence-corrected chi connectivity index (χ4v) is 4.54. The third-order valence-electron chi connectivity index (χ3n) is 5.20. The second-order valence-electron chi connectivity index (χ2n) is 6.62. The van der Waals surface area contributed by atoms with Crippen molar-refractivity contribution >= 4 is 26.7 Å². The third kappa shape index (κ3) is 2.76. The SMILES string of the molecule is CNC(c1ccc(Br)c2ccccc12)C1(C)CCCCC1. The summed E-state index contributed by atoms with van der Waals surface area (Å²) in [7, 11) is 2.11. The standard InChI is InChI=1S/C19H24BrN/c1-19(12-6-3-7-13-19)18(21-2)16-10-11-17(20)15-9-5-4-8-14(15)16/h4-5,8-11,18,21H,3,6-7,12-13H2,1-2H3. The molecule has 0 saturated heterocycles. The Balaban J connectivity index is 2.11. The van der Waals surface area contributed by atoms with Crippen molar-refractivity contribution in [2.24, 2.45) is 5.41 Å². The summed E-state index contributed by atoms with van der Waals surface area (Å²) in [4.78, 5) is 0. The van der Waals surface area contributed by atoms with Gasteiger partial charge in [0, 0.05) is 10.5 Å². The summed E-state index contributed by atoms with van der Waals surface area (Å²) in [6, 6.07) is 13.7. The van der Waals surface area contributed by atoms with E-state index in [-0.39, 0.29) is 0 Å². The van der Waals surface area contributed by atoms with Gasteiger partial charge in [-0.1, -0.05) is 72.4 Å². The molecule has 21 heavy (non-hydrogen) atoms. The molecule has 1 nitrogen and oxygen atoms in total. The fraction of sp³-hybridized carbons (Fsp3) is 0.474. The Morgan fingerprint density at radius 3 is 2.33 bits per heavy atom. The second-order valence-corrected chi connectivity index (χ2v) is 7.47. The molecule has 1 saturated carbocycles. The van der Waals surface area contributed by atoms with Crippen LogP contribution in [0.1, 0.15) is 50.6 Å².